The number of carbonyl (C=O) groups excluding carboxylic acids is 2. The summed E-state index contributed by atoms with van der Waals surface area (Å²) in [6.45, 7) is 6.17. The van der Waals surface area contributed by atoms with Crippen LogP contribution in [0.4, 0.5) is 21.6 Å². The highest BCUT2D eigenvalue weighted by Crippen LogP contribution is 2.30. The van der Waals surface area contributed by atoms with Crippen LogP contribution in [0.15, 0.2) is 33.9 Å². The third-order valence-corrected chi connectivity index (χ3v) is 5.65. The van der Waals surface area contributed by atoms with Crippen molar-refractivity contribution in [3.8, 4) is 0 Å². The molecule has 1 atom stereocenters. The Morgan fingerprint density at radius 1 is 1.27 bits per heavy atom. The number of hydrogen-bond acceptors (Lipinski definition) is 5. The summed E-state index contributed by atoms with van der Waals surface area (Å²) >= 11 is 0. The quantitative estimate of drug-likeness (QED) is 0.626. The van der Waals surface area contributed by atoms with E-state index in [4.69, 9.17) is 5.73 Å². The van der Waals surface area contributed by atoms with Gasteiger partial charge in [0.2, 0.25) is 11.8 Å². The number of nitrogens with one attached hydrogen (secondary N) is 1. The Bertz CT molecular complexity index is 1160. The maximum Gasteiger partial charge on any atom is 0.330 e. The van der Waals surface area contributed by atoms with E-state index in [-0.39, 0.29) is 48.5 Å². The van der Waals surface area contributed by atoms with Crippen LogP contribution < -0.4 is 26.8 Å². The molecular weight excluding hydrogens is 429 g/mol. The summed E-state index contributed by atoms with van der Waals surface area (Å²) in [5.74, 6) is -2.29. The second-order valence-electron chi connectivity index (χ2n) is 8.70. The number of halogens is 1. The summed E-state index contributed by atoms with van der Waals surface area (Å²) in [4.78, 5) is 56.0. The average molecular weight is 460 g/mol. The third-order valence-electron chi connectivity index (χ3n) is 5.65. The van der Waals surface area contributed by atoms with E-state index in [0.29, 0.717) is 13.0 Å². The summed E-state index contributed by atoms with van der Waals surface area (Å²) in [5.41, 5.74) is 4.85. The number of amides is 2. The Morgan fingerprint density at radius 3 is 2.61 bits per heavy atom. The van der Waals surface area contributed by atoms with Crippen LogP contribution in [0, 0.1) is 17.7 Å². The highest BCUT2D eigenvalue weighted by atomic mass is 19.1. The summed E-state index contributed by atoms with van der Waals surface area (Å²) in [5, 5.41) is 0. The van der Waals surface area contributed by atoms with E-state index in [1.54, 1.807) is 6.07 Å². The van der Waals surface area contributed by atoms with Crippen molar-refractivity contribution in [3.05, 3.63) is 50.9 Å². The summed E-state index contributed by atoms with van der Waals surface area (Å²) in [6, 6.07) is 5.88. The molecule has 3 rings (SSSR count). The summed E-state index contributed by atoms with van der Waals surface area (Å²) in [6.07, 6.45) is 1.36. The molecule has 0 radical (unpaired) electrons. The molecule has 0 bridgehead atoms. The van der Waals surface area contributed by atoms with Crippen LogP contribution in [0.1, 0.15) is 40.0 Å². The molecule has 1 aliphatic rings. The first-order valence-electron chi connectivity index (χ1n) is 11.1. The van der Waals surface area contributed by atoms with Crippen LogP contribution in [0.2, 0.25) is 0 Å². The highest BCUT2D eigenvalue weighted by molar-refractivity contribution is 6.05. The zero-order chi connectivity index (χ0) is 24.3. The fourth-order valence-corrected chi connectivity index (χ4v) is 4.03. The Hall–Kier alpha value is -3.43. The smallest absolute Gasteiger partial charge is 0.330 e. The minimum Gasteiger partial charge on any atom is -0.383 e. The SMILES string of the molecule is CCCCn1c(N)c(N(CC(C)C)C(=O)[C@@H]2CC(=O)N(c3ccccc3F)C2)c(=O)[nH]c1=O. The van der Waals surface area contributed by atoms with Crippen LogP contribution in [-0.2, 0) is 16.1 Å². The van der Waals surface area contributed by atoms with Crippen molar-refractivity contribution >= 4 is 29.0 Å². The minimum atomic E-state index is -0.786. The van der Waals surface area contributed by atoms with Gasteiger partial charge in [0, 0.05) is 26.1 Å². The number of unbranched alkanes of at least 4 members (excludes halogenated alkanes) is 1. The number of anilines is 3. The van der Waals surface area contributed by atoms with Crippen LogP contribution >= 0.6 is 0 Å². The van der Waals surface area contributed by atoms with Gasteiger partial charge in [0.1, 0.15) is 11.6 Å². The van der Waals surface area contributed by atoms with Crippen molar-refractivity contribution in [2.45, 2.75) is 46.6 Å². The van der Waals surface area contributed by atoms with Gasteiger partial charge in [0.15, 0.2) is 5.69 Å². The van der Waals surface area contributed by atoms with Gasteiger partial charge in [-0.25, -0.2) is 9.18 Å². The number of aromatic nitrogens is 2. The van der Waals surface area contributed by atoms with Gasteiger partial charge in [0.25, 0.3) is 5.56 Å². The van der Waals surface area contributed by atoms with Crippen LogP contribution in [-0.4, -0.2) is 34.5 Å². The van der Waals surface area contributed by atoms with Crippen molar-refractivity contribution in [2.75, 3.05) is 28.6 Å². The molecule has 1 aromatic heterocycles. The Kier molecular flexibility index (Phi) is 7.35. The number of nitrogen functional groups attached to an aromatic ring is 1. The van der Waals surface area contributed by atoms with Gasteiger partial charge in [-0.3, -0.25) is 23.9 Å². The highest BCUT2D eigenvalue weighted by Gasteiger charge is 2.39. The number of aromatic amines is 1. The molecule has 0 aliphatic carbocycles. The number of rotatable bonds is 8. The second kappa shape index (κ2) is 10.0. The second-order valence-corrected chi connectivity index (χ2v) is 8.70. The topological polar surface area (TPSA) is 121 Å². The Labute approximate surface area is 191 Å². The minimum absolute atomic E-state index is 0.0134. The van der Waals surface area contributed by atoms with Crippen LogP contribution in [0.5, 0.6) is 0 Å². The van der Waals surface area contributed by atoms with Gasteiger partial charge in [-0.2, -0.15) is 0 Å². The van der Waals surface area contributed by atoms with Gasteiger partial charge in [-0.1, -0.05) is 39.3 Å². The van der Waals surface area contributed by atoms with Gasteiger partial charge in [0.05, 0.1) is 11.6 Å². The van der Waals surface area contributed by atoms with E-state index in [0.717, 1.165) is 6.42 Å². The third kappa shape index (κ3) is 4.99. The largest absolute Gasteiger partial charge is 0.383 e. The Balaban J connectivity index is 1.98. The van der Waals surface area contributed by atoms with Gasteiger partial charge in [-0.05, 0) is 24.5 Å². The fourth-order valence-electron chi connectivity index (χ4n) is 4.03. The molecule has 1 fully saturated rings. The summed E-state index contributed by atoms with van der Waals surface area (Å²) in [7, 11) is 0. The van der Waals surface area contributed by atoms with E-state index in [2.05, 4.69) is 4.98 Å². The number of benzene rings is 1. The first-order valence-corrected chi connectivity index (χ1v) is 11.1. The molecule has 2 amide bonds. The normalized spacial score (nSPS) is 16.0. The lowest BCUT2D eigenvalue weighted by atomic mass is 10.1. The van der Waals surface area contributed by atoms with E-state index in [1.165, 1.54) is 32.6 Å². The number of para-hydroxylation sites is 1. The van der Waals surface area contributed by atoms with Gasteiger partial charge in [-0.15, -0.1) is 0 Å². The predicted molar refractivity (Wildman–Crippen MR) is 125 cm³/mol. The molecule has 2 aromatic rings. The van der Waals surface area contributed by atoms with E-state index in [9.17, 15) is 23.6 Å². The number of hydrogen-bond donors (Lipinski definition) is 2. The average Bonchev–Trinajstić information content (AvgIpc) is 3.13. The maximum atomic E-state index is 14.2. The van der Waals surface area contributed by atoms with E-state index >= 15 is 0 Å². The van der Waals surface area contributed by atoms with Crippen molar-refractivity contribution in [3.63, 3.8) is 0 Å². The van der Waals surface area contributed by atoms with E-state index < -0.39 is 28.9 Å². The lowest BCUT2D eigenvalue weighted by molar-refractivity contribution is -0.124. The molecule has 2 heterocycles. The molecule has 0 unspecified atom stereocenters. The predicted octanol–water partition coefficient (Wildman–Crippen LogP) is 2.10. The van der Waals surface area contributed by atoms with Crippen molar-refractivity contribution < 1.29 is 14.0 Å². The number of carbonyl (C=O) groups is 2. The van der Waals surface area contributed by atoms with Gasteiger partial charge < -0.3 is 15.5 Å². The molecular formula is C23H30FN5O4. The lowest BCUT2D eigenvalue weighted by Gasteiger charge is -2.28. The molecule has 3 N–H and O–H groups in total. The van der Waals surface area contributed by atoms with Crippen molar-refractivity contribution in [1.82, 2.24) is 9.55 Å². The molecule has 0 saturated carbocycles. The first-order chi connectivity index (χ1) is 15.6. The zero-order valence-electron chi connectivity index (χ0n) is 19.1. The van der Waals surface area contributed by atoms with Crippen LogP contribution in [0.25, 0.3) is 0 Å². The maximum absolute atomic E-state index is 14.2. The Morgan fingerprint density at radius 2 is 1.97 bits per heavy atom. The monoisotopic (exact) mass is 459 g/mol. The van der Waals surface area contributed by atoms with E-state index in [1.807, 2.05) is 20.8 Å². The molecule has 178 valence electrons. The molecule has 1 aromatic carbocycles. The number of H-pyrrole nitrogens is 1. The fraction of sp³-hybridized carbons (Fsp3) is 0.478. The standard InChI is InChI=1S/C23H30FN5O4/c1-4-5-10-27-20(25)19(21(31)26-23(27)33)29(12-14(2)3)22(32)15-11-18(30)28(13-15)17-9-7-6-8-16(17)24/h6-9,14-15H,4-5,10-13,25H2,1-3H3,(H,26,31,33)/t15-/m1/s1. The zero-order valence-corrected chi connectivity index (χ0v) is 19.1. The van der Waals surface area contributed by atoms with Crippen LogP contribution in [0.3, 0.4) is 0 Å². The number of nitrogens with two attached hydrogens (primary N) is 1. The van der Waals surface area contributed by atoms with Crippen molar-refractivity contribution in [2.24, 2.45) is 11.8 Å². The molecule has 10 heteroatoms. The van der Waals surface area contributed by atoms with Gasteiger partial charge >= 0.3 is 5.69 Å². The molecule has 33 heavy (non-hydrogen) atoms. The molecule has 0 spiro atoms. The molecule has 1 saturated heterocycles. The number of nitrogens with zero attached hydrogens (tertiary/aromatic N) is 3. The molecule has 9 nitrogen and oxygen atoms in total. The first kappa shape index (κ1) is 24.2. The van der Waals surface area contributed by atoms with Crippen molar-refractivity contribution in [1.29, 1.82) is 0 Å². The molecule has 1 aliphatic heterocycles. The lowest BCUT2D eigenvalue weighted by Crippen LogP contribution is -2.45. The summed E-state index contributed by atoms with van der Waals surface area (Å²) < 4.78 is 15.5.